The number of aliphatic hydroxyl groups excluding tert-OH is 1. The van der Waals surface area contributed by atoms with Gasteiger partial charge in [-0.2, -0.15) is 0 Å². The van der Waals surface area contributed by atoms with Crippen molar-refractivity contribution in [2.75, 3.05) is 7.11 Å². The largest absolute Gasteiger partial charge is 0.497 e. The van der Waals surface area contributed by atoms with Gasteiger partial charge in [0.2, 0.25) is 0 Å². The third-order valence-corrected chi connectivity index (χ3v) is 3.14. The summed E-state index contributed by atoms with van der Waals surface area (Å²) in [5, 5.41) is 10.4. The molecule has 102 valence electrons. The van der Waals surface area contributed by atoms with Crippen LogP contribution >= 0.6 is 0 Å². The number of allylic oxidation sites excluding steroid dienone is 1. The summed E-state index contributed by atoms with van der Waals surface area (Å²) < 4.78 is 5.11. The van der Waals surface area contributed by atoms with E-state index in [0.717, 1.165) is 37.0 Å². The molecule has 1 aliphatic carbocycles. The number of methoxy groups -OCH3 is 1. The SMILES string of the molecule is COc1ccc([C@H](O)/C2=C/C#CCCCCC#C2)cc1. The van der Waals surface area contributed by atoms with Crippen molar-refractivity contribution >= 4 is 0 Å². The average Bonchev–Trinajstić information content (AvgIpc) is 2.52. The van der Waals surface area contributed by atoms with Crippen LogP contribution in [0.3, 0.4) is 0 Å². The van der Waals surface area contributed by atoms with Gasteiger partial charge in [0.25, 0.3) is 0 Å². The van der Waals surface area contributed by atoms with E-state index in [1.54, 1.807) is 13.2 Å². The number of benzene rings is 1. The molecule has 0 saturated carbocycles. The lowest BCUT2D eigenvalue weighted by Gasteiger charge is -2.11. The van der Waals surface area contributed by atoms with Crippen LogP contribution in [0.1, 0.15) is 37.4 Å². The van der Waals surface area contributed by atoms with Crippen LogP contribution in [0.4, 0.5) is 0 Å². The van der Waals surface area contributed by atoms with Gasteiger partial charge in [0.15, 0.2) is 0 Å². The standard InChI is InChI=1S/C18H18O2/c1-20-17-13-11-16(12-14-17)18(19)15-9-7-5-3-2-4-6-8-10-15/h10-14,18-19H,2-5H2,1H3/b15-10+/t18-/m1/s1. The number of hydrogen-bond donors (Lipinski definition) is 1. The first-order valence-corrected chi connectivity index (χ1v) is 6.80. The molecule has 0 saturated heterocycles. The number of ether oxygens (including phenoxy) is 1. The van der Waals surface area contributed by atoms with Crippen molar-refractivity contribution in [1.82, 2.24) is 0 Å². The maximum Gasteiger partial charge on any atom is 0.118 e. The Kier molecular flexibility index (Phi) is 5.30. The molecule has 20 heavy (non-hydrogen) atoms. The second-order valence-corrected chi connectivity index (χ2v) is 4.61. The molecule has 1 N–H and O–H groups in total. The average molecular weight is 266 g/mol. The van der Waals surface area contributed by atoms with Gasteiger partial charge in [-0.15, -0.1) is 0 Å². The maximum absolute atomic E-state index is 10.4. The minimum Gasteiger partial charge on any atom is -0.497 e. The highest BCUT2D eigenvalue weighted by Gasteiger charge is 2.11. The van der Waals surface area contributed by atoms with Crippen molar-refractivity contribution in [2.45, 2.75) is 31.8 Å². The summed E-state index contributed by atoms with van der Waals surface area (Å²) in [6, 6.07) is 7.35. The third-order valence-electron chi connectivity index (χ3n) is 3.14. The van der Waals surface area contributed by atoms with E-state index in [2.05, 4.69) is 23.7 Å². The smallest absolute Gasteiger partial charge is 0.118 e. The molecule has 0 spiro atoms. The van der Waals surface area contributed by atoms with E-state index in [1.807, 2.05) is 24.3 Å². The van der Waals surface area contributed by atoms with Gasteiger partial charge in [-0.3, -0.25) is 0 Å². The van der Waals surface area contributed by atoms with Crippen LogP contribution in [0.2, 0.25) is 0 Å². The molecule has 0 heterocycles. The molecular weight excluding hydrogens is 248 g/mol. The molecule has 0 bridgehead atoms. The monoisotopic (exact) mass is 266 g/mol. The van der Waals surface area contributed by atoms with Gasteiger partial charge < -0.3 is 9.84 Å². The van der Waals surface area contributed by atoms with Crippen LogP contribution in [0.25, 0.3) is 0 Å². The predicted molar refractivity (Wildman–Crippen MR) is 80.1 cm³/mol. The molecule has 0 radical (unpaired) electrons. The van der Waals surface area contributed by atoms with E-state index in [-0.39, 0.29) is 0 Å². The van der Waals surface area contributed by atoms with E-state index < -0.39 is 6.10 Å². The maximum atomic E-state index is 10.4. The Morgan fingerprint density at radius 2 is 1.80 bits per heavy atom. The van der Waals surface area contributed by atoms with Crippen molar-refractivity contribution in [2.24, 2.45) is 0 Å². The zero-order valence-electron chi connectivity index (χ0n) is 11.6. The van der Waals surface area contributed by atoms with Crippen molar-refractivity contribution in [3.05, 3.63) is 41.5 Å². The third kappa shape index (κ3) is 3.92. The number of rotatable bonds is 3. The molecule has 1 aromatic carbocycles. The molecule has 1 aromatic rings. The fourth-order valence-electron chi connectivity index (χ4n) is 1.94. The van der Waals surface area contributed by atoms with Gasteiger partial charge in [0.05, 0.1) is 7.11 Å². The Morgan fingerprint density at radius 3 is 2.50 bits per heavy atom. The van der Waals surface area contributed by atoms with Crippen LogP contribution in [0, 0.1) is 23.7 Å². The van der Waals surface area contributed by atoms with Crippen molar-refractivity contribution in [3.8, 4) is 29.4 Å². The lowest BCUT2D eigenvalue weighted by molar-refractivity contribution is 0.221. The van der Waals surface area contributed by atoms with Gasteiger partial charge >= 0.3 is 0 Å². The fourth-order valence-corrected chi connectivity index (χ4v) is 1.94. The van der Waals surface area contributed by atoms with E-state index >= 15 is 0 Å². The molecule has 0 aliphatic heterocycles. The van der Waals surface area contributed by atoms with Gasteiger partial charge in [0.1, 0.15) is 11.9 Å². The van der Waals surface area contributed by atoms with Crippen molar-refractivity contribution in [1.29, 1.82) is 0 Å². The summed E-state index contributed by atoms with van der Waals surface area (Å²) in [5.74, 6) is 13.0. The summed E-state index contributed by atoms with van der Waals surface area (Å²) in [6.07, 6.45) is 4.90. The van der Waals surface area contributed by atoms with Crippen molar-refractivity contribution in [3.63, 3.8) is 0 Å². The lowest BCUT2D eigenvalue weighted by atomic mass is 10.0. The quantitative estimate of drug-likeness (QED) is 0.851. The Morgan fingerprint density at radius 1 is 1.10 bits per heavy atom. The second kappa shape index (κ2) is 7.43. The normalized spacial score (nSPS) is 18.4. The summed E-state index contributed by atoms with van der Waals surface area (Å²) in [6.45, 7) is 0. The minimum atomic E-state index is -0.734. The highest BCUT2D eigenvalue weighted by Crippen LogP contribution is 2.23. The van der Waals surface area contributed by atoms with Gasteiger partial charge in [-0.05, 0) is 30.5 Å². The molecule has 2 heteroatoms. The predicted octanol–water partition coefficient (Wildman–Crippen LogP) is 3.24. The Hall–Kier alpha value is -2.16. The van der Waals surface area contributed by atoms with Crippen LogP contribution in [-0.4, -0.2) is 12.2 Å². The van der Waals surface area contributed by atoms with Crippen LogP contribution < -0.4 is 4.74 Å². The summed E-state index contributed by atoms with van der Waals surface area (Å²) in [5.41, 5.74) is 1.45. The first kappa shape index (κ1) is 14.3. The molecular formula is C18H18O2. The highest BCUT2D eigenvalue weighted by molar-refractivity contribution is 5.43. The van der Waals surface area contributed by atoms with Crippen LogP contribution in [-0.2, 0) is 0 Å². The van der Waals surface area contributed by atoms with Crippen LogP contribution in [0.5, 0.6) is 5.75 Å². The van der Waals surface area contributed by atoms with Gasteiger partial charge in [-0.1, -0.05) is 35.8 Å². The summed E-state index contributed by atoms with van der Waals surface area (Å²) >= 11 is 0. The van der Waals surface area contributed by atoms with Crippen LogP contribution in [0.15, 0.2) is 35.9 Å². The Balaban J connectivity index is 2.23. The molecule has 0 fully saturated rings. The van der Waals surface area contributed by atoms with E-state index in [1.165, 1.54) is 0 Å². The first-order valence-electron chi connectivity index (χ1n) is 6.80. The molecule has 1 atom stereocenters. The molecule has 0 amide bonds. The Labute approximate surface area is 120 Å². The summed E-state index contributed by atoms with van der Waals surface area (Å²) in [7, 11) is 1.62. The molecule has 2 rings (SSSR count). The van der Waals surface area contributed by atoms with E-state index in [0.29, 0.717) is 5.57 Å². The number of hydrogen-bond acceptors (Lipinski definition) is 2. The topological polar surface area (TPSA) is 29.5 Å². The second-order valence-electron chi connectivity index (χ2n) is 4.61. The zero-order chi connectivity index (χ0) is 14.2. The fraction of sp³-hybridized carbons (Fsp3) is 0.333. The first-order chi connectivity index (χ1) is 9.81. The van der Waals surface area contributed by atoms with Gasteiger partial charge in [-0.25, -0.2) is 0 Å². The molecule has 1 aliphatic rings. The minimum absolute atomic E-state index is 0.657. The van der Waals surface area contributed by atoms with E-state index in [9.17, 15) is 5.11 Å². The molecule has 0 aromatic heterocycles. The van der Waals surface area contributed by atoms with Crippen molar-refractivity contribution < 1.29 is 9.84 Å². The number of aliphatic hydroxyl groups is 1. The summed E-state index contributed by atoms with van der Waals surface area (Å²) in [4.78, 5) is 0. The lowest BCUT2D eigenvalue weighted by Crippen LogP contribution is -2.00. The molecule has 0 unspecified atom stereocenters. The highest BCUT2D eigenvalue weighted by atomic mass is 16.5. The Bertz CT molecular complexity index is 588. The van der Waals surface area contributed by atoms with Gasteiger partial charge in [0, 0.05) is 24.5 Å². The van der Waals surface area contributed by atoms with E-state index in [4.69, 9.17) is 4.74 Å². The molecule has 2 nitrogen and oxygen atoms in total. The zero-order valence-corrected chi connectivity index (χ0v) is 11.6.